The molecule has 1 aromatic carbocycles. The fourth-order valence-corrected chi connectivity index (χ4v) is 0.948. The van der Waals surface area contributed by atoms with E-state index in [2.05, 4.69) is 4.84 Å². The summed E-state index contributed by atoms with van der Waals surface area (Å²) in [5, 5.41) is 8.67. The van der Waals surface area contributed by atoms with E-state index in [9.17, 15) is 9.59 Å². The number of para-hydroxylation sites is 1. The third-order valence-electron chi connectivity index (χ3n) is 1.52. The predicted molar refractivity (Wildman–Crippen MR) is 43.6 cm³/mol. The van der Waals surface area contributed by atoms with Crippen LogP contribution in [-0.4, -0.2) is 17.4 Å². The van der Waals surface area contributed by atoms with Crippen molar-refractivity contribution in [3.05, 3.63) is 29.3 Å². The van der Waals surface area contributed by atoms with Gasteiger partial charge in [-0.2, -0.15) is 5.90 Å². The first kappa shape index (κ1) is 9.21. The van der Waals surface area contributed by atoms with E-state index in [1.54, 1.807) is 0 Å². The van der Waals surface area contributed by atoms with Crippen molar-refractivity contribution < 1.29 is 19.5 Å². The normalized spacial score (nSPS) is 9.31. The molecule has 0 heterocycles. The molecule has 0 bridgehead atoms. The van der Waals surface area contributed by atoms with Gasteiger partial charge in [-0.25, -0.2) is 4.79 Å². The number of carboxylic acid groups (broad SMARTS) is 1. The molecule has 1 aromatic rings. The lowest BCUT2D eigenvalue weighted by atomic mass is 10.1. The molecule has 0 fully saturated rings. The van der Waals surface area contributed by atoms with Crippen LogP contribution in [0.4, 0.5) is 0 Å². The summed E-state index contributed by atoms with van der Waals surface area (Å²) in [7, 11) is 0. The van der Waals surface area contributed by atoms with Crippen LogP contribution in [0.3, 0.4) is 0 Å². The van der Waals surface area contributed by atoms with Crippen molar-refractivity contribution in [3.8, 4) is 5.75 Å². The maximum absolute atomic E-state index is 10.6. The van der Waals surface area contributed by atoms with E-state index in [4.69, 9.17) is 11.0 Å². The van der Waals surface area contributed by atoms with Crippen LogP contribution >= 0.6 is 0 Å². The van der Waals surface area contributed by atoms with Crippen LogP contribution < -0.4 is 10.7 Å². The Bertz CT molecular complexity index is 348. The summed E-state index contributed by atoms with van der Waals surface area (Å²) in [6.45, 7) is 0. The number of carbonyl (C=O) groups excluding carboxylic acids is 1. The van der Waals surface area contributed by atoms with E-state index in [1.807, 2.05) is 0 Å². The average molecular weight is 181 g/mol. The van der Waals surface area contributed by atoms with Crippen LogP contribution in [0.25, 0.3) is 0 Å². The molecule has 68 valence electrons. The maximum Gasteiger partial charge on any atom is 0.339 e. The second-order valence-electron chi connectivity index (χ2n) is 2.26. The highest BCUT2D eigenvalue weighted by molar-refractivity contribution is 5.95. The number of nitrogens with two attached hydrogens (primary N) is 1. The minimum Gasteiger partial charge on any atom is -0.478 e. The number of aromatic carboxylic acids is 1. The monoisotopic (exact) mass is 181 g/mol. The standard InChI is InChI=1S/C8H7NO4/c9-13-7-5(4-10)2-1-3-6(7)8(11)12/h1-4H,9H2,(H,11,12). The lowest BCUT2D eigenvalue weighted by Gasteiger charge is -2.04. The fraction of sp³-hybridized carbons (Fsp3) is 0. The smallest absolute Gasteiger partial charge is 0.339 e. The largest absolute Gasteiger partial charge is 0.478 e. The number of carboxylic acids is 1. The van der Waals surface area contributed by atoms with E-state index in [-0.39, 0.29) is 16.9 Å². The van der Waals surface area contributed by atoms with Crippen molar-refractivity contribution in [2.24, 2.45) is 5.90 Å². The third-order valence-corrected chi connectivity index (χ3v) is 1.52. The quantitative estimate of drug-likeness (QED) is 0.522. The summed E-state index contributed by atoms with van der Waals surface area (Å²) in [5.74, 6) is 3.53. The van der Waals surface area contributed by atoms with Gasteiger partial charge < -0.3 is 9.94 Å². The second-order valence-corrected chi connectivity index (χ2v) is 2.26. The number of carbonyl (C=O) groups is 2. The number of hydrogen-bond acceptors (Lipinski definition) is 4. The Hall–Kier alpha value is -1.88. The minimum absolute atomic E-state index is 0.113. The molecule has 0 aliphatic rings. The molecule has 1 rings (SSSR count). The van der Waals surface area contributed by atoms with E-state index >= 15 is 0 Å². The number of rotatable bonds is 3. The molecule has 0 saturated carbocycles. The van der Waals surface area contributed by atoms with Gasteiger partial charge in [-0.15, -0.1) is 0 Å². The number of aldehydes is 1. The van der Waals surface area contributed by atoms with Crippen LogP contribution in [0.5, 0.6) is 5.75 Å². The van der Waals surface area contributed by atoms with Gasteiger partial charge in [0.2, 0.25) is 0 Å². The number of benzene rings is 1. The van der Waals surface area contributed by atoms with Gasteiger partial charge >= 0.3 is 5.97 Å². The van der Waals surface area contributed by atoms with Gasteiger partial charge in [0.15, 0.2) is 12.0 Å². The van der Waals surface area contributed by atoms with E-state index in [0.29, 0.717) is 6.29 Å². The maximum atomic E-state index is 10.6. The van der Waals surface area contributed by atoms with Crippen LogP contribution in [0.15, 0.2) is 18.2 Å². The van der Waals surface area contributed by atoms with Gasteiger partial charge in [0.1, 0.15) is 5.56 Å². The topological polar surface area (TPSA) is 89.6 Å². The van der Waals surface area contributed by atoms with Crippen LogP contribution in [-0.2, 0) is 0 Å². The fourth-order valence-electron chi connectivity index (χ4n) is 0.948. The van der Waals surface area contributed by atoms with Crippen molar-refractivity contribution >= 4 is 12.3 Å². The summed E-state index contributed by atoms with van der Waals surface area (Å²) < 4.78 is 0. The Morgan fingerprint density at radius 1 is 1.54 bits per heavy atom. The molecule has 0 unspecified atom stereocenters. The van der Waals surface area contributed by atoms with Gasteiger partial charge in [-0.05, 0) is 12.1 Å². The van der Waals surface area contributed by atoms with Gasteiger partial charge in [0.25, 0.3) is 0 Å². The van der Waals surface area contributed by atoms with E-state index in [0.717, 1.165) is 0 Å². The van der Waals surface area contributed by atoms with Crippen molar-refractivity contribution in [2.75, 3.05) is 0 Å². The van der Waals surface area contributed by atoms with Crippen LogP contribution in [0, 0.1) is 0 Å². The van der Waals surface area contributed by atoms with Crippen LogP contribution in [0.2, 0.25) is 0 Å². The Morgan fingerprint density at radius 2 is 2.23 bits per heavy atom. The minimum atomic E-state index is -1.19. The Labute approximate surface area is 73.7 Å². The number of hydrogen-bond donors (Lipinski definition) is 2. The van der Waals surface area contributed by atoms with E-state index < -0.39 is 5.97 Å². The summed E-state index contributed by atoms with van der Waals surface area (Å²) in [4.78, 5) is 25.3. The van der Waals surface area contributed by atoms with Gasteiger partial charge in [0.05, 0.1) is 5.56 Å². The highest BCUT2D eigenvalue weighted by Gasteiger charge is 2.14. The molecule has 0 aromatic heterocycles. The summed E-state index contributed by atoms with van der Waals surface area (Å²) >= 11 is 0. The zero-order valence-corrected chi connectivity index (χ0v) is 6.56. The first-order valence-corrected chi connectivity index (χ1v) is 3.39. The molecular weight excluding hydrogens is 174 g/mol. The second kappa shape index (κ2) is 3.68. The molecule has 0 radical (unpaired) electrons. The average Bonchev–Trinajstić information content (AvgIpc) is 2.16. The first-order chi connectivity index (χ1) is 6.20. The molecule has 5 nitrogen and oxygen atoms in total. The molecule has 5 heteroatoms. The summed E-state index contributed by atoms with van der Waals surface area (Å²) in [5.41, 5.74) is -0.0190. The third kappa shape index (κ3) is 1.65. The Morgan fingerprint density at radius 3 is 2.69 bits per heavy atom. The molecule has 3 N–H and O–H groups in total. The van der Waals surface area contributed by atoms with Crippen LogP contribution in [0.1, 0.15) is 20.7 Å². The highest BCUT2D eigenvalue weighted by atomic mass is 16.6. The van der Waals surface area contributed by atoms with Crippen molar-refractivity contribution in [3.63, 3.8) is 0 Å². The lowest BCUT2D eigenvalue weighted by molar-refractivity contribution is 0.0692. The SMILES string of the molecule is NOc1c(C=O)cccc1C(=O)O. The predicted octanol–water partition coefficient (Wildman–Crippen LogP) is 0.450. The molecule has 0 aliphatic heterocycles. The van der Waals surface area contributed by atoms with Gasteiger partial charge in [0, 0.05) is 0 Å². The zero-order valence-electron chi connectivity index (χ0n) is 6.56. The Kier molecular flexibility index (Phi) is 2.61. The molecule has 0 atom stereocenters. The zero-order chi connectivity index (χ0) is 9.84. The summed E-state index contributed by atoms with van der Waals surface area (Å²) in [6, 6.07) is 4.16. The Balaban J connectivity index is 3.35. The molecular formula is C8H7NO4. The molecule has 0 amide bonds. The lowest BCUT2D eigenvalue weighted by Crippen LogP contribution is -2.10. The summed E-state index contributed by atoms with van der Waals surface area (Å²) in [6.07, 6.45) is 0.481. The van der Waals surface area contributed by atoms with Crippen molar-refractivity contribution in [1.82, 2.24) is 0 Å². The molecule has 0 aliphatic carbocycles. The van der Waals surface area contributed by atoms with Crippen molar-refractivity contribution in [1.29, 1.82) is 0 Å². The molecule has 0 saturated heterocycles. The van der Waals surface area contributed by atoms with E-state index in [1.165, 1.54) is 18.2 Å². The van der Waals surface area contributed by atoms with Gasteiger partial charge in [-0.3, -0.25) is 4.79 Å². The molecule has 0 spiro atoms. The molecule has 13 heavy (non-hydrogen) atoms. The highest BCUT2D eigenvalue weighted by Crippen LogP contribution is 2.21. The van der Waals surface area contributed by atoms with Gasteiger partial charge in [-0.1, -0.05) is 6.07 Å². The van der Waals surface area contributed by atoms with Crippen molar-refractivity contribution in [2.45, 2.75) is 0 Å². The first-order valence-electron chi connectivity index (χ1n) is 3.39.